The number of rotatable bonds is 40. The van der Waals surface area contributed by atoms with Gasteiger partial charge in [0, 0.05) is 12.8 Å². The molecular weight excluding hydrogens is 838 g/mol. The Bertz CT molecular complexity index is 1480. The topological polar surface area (TPSA) is 216 Å². The lowest BCUT2D eigenvalue weighted by atomic mass is 10.1. The van der Waals surface area contributed by atoms with Crippen molar-refractivity contribution in [2.45, 2.75) is 154 Å². The van der Waals surface area contributed by atoms with Crippen LogP contribution in [0.2, 0.25) is 0 Å². The van der Waals surface area contributed by atoms with E-state index in [1.165, 1.54) is 25.7 Å². The van der Waals surface area contributed by atoms with Crippen LogP contribution in [0, 0.1) is 0 Å². The summed E-state index contributed by atoms with van der Waals surface area (Å²) in [6.45, 7) is 1.39. The first-order valence-corrected chi connectivity index (χ1v) is 25.1. The van der Waals surface area contributed by atoms with E-state index in [2.05, 4.69) is 83.7 Å². The van der Waals surface area contributed by atoms with Crippen LogP contribution in [0.5, 0.6) is 0 Å². The van der Waals surface area contributed by atoms with Crippen molar-refractivity contribution in [2.24, 2.45) is 0 Å². The Balaban J connectivity index is 4.76. The zero-order chi connectivity index (χ0) is 46.0. The molecule has 0 heterocycles. The number of carbonyl (C=O) groups is 2. The number of esters is 2. The highest BCUT2D eigenvalue weighted by Gasteiger charge is 2.28. The second-order valence-corrected chi connectivity index (χ2v) is 17.2. The Kier molecular flexibility index (Phi) is 38.8. The van der Waals surface area contributed by atoms with Crippen molar-refractivity contribution in [1.29, 1.82) is 0 Å². The number of ether oxygens (including phenoxy) is 2. The van der Waals surface area contributed by atoms with Crippen LogP contribution in [-0.4, -0.2) is 81.6 Å². The number of allylic oxidation sites excluding steroid dienone is 14. The number of carbonyl (C=O) groups excluding carboxylic acids is 2. The van der Waals surface area contributed by atoms with E-state index in [9.17, 15) is 33.8 Å². The van der Waals surface area contributed by atoms with E-state index < -0.39 is 72.3 Å². The maximum atomic E-state index is 12.7. The van der Waals surface area contributed by atoms with Crippen molar-refractivity contribution in [1.82, 2.24) is 0 Å². The number of hydrogen-bond donors (Lipinski definition) is 5. The molecule has 4 atom stereocenters. The molecule has 354 valence electrons. The number of phosphoric acid groups is 2. The predicted molar refractivity (Wildman–Crippen MR) is 245 cm³/mol. The minimum atomic E-state index is -4.89. The van der Waals surface area contributed by atoms with Crippen molar-refractivity contribution in [3.05, 3.63) is 97.2 Å². The quantitative estimate of drug-likeness (QED) is 0.0127. The summed E-state index contributed by atoms with van der Waals surface area (Å²) in [5.41, 5.74) is 0. The van der Waals surface area contributed by atoms with Crippen LogP contribution < -0.4 is 0 Å². The van der Waals surface area contributed by atoms with E-state index in [0.717, 1.165) is 64.2 Å². The highest BCUT2D eigenvalue weighted by atomic mass is 31.2. The minimum absolute atomic E-state index is 0.0201. The van der Waals surface area contributed by atoms with Gasteiger partial charge in [0.25, 0.3) is 0 Å². The maximum Gasteiger partial charge on any atom is 0.472 e. The van der Waals surface area contributed by atoms with Gasteiger partial charge in [-0.25, -0.2) is 9.13 Å². The zero-order valence-corrected chi connectivity index (χ0v) is 38.8. The molecule has 0 aliphatic rings. The molecule has 0 bridgehead atoms. The van der Waals surface area contributed by atoms with Crippen molar-refractivity contribution in [2.75, 3.05) is 26.4 Å². The summed E-state index contributed by atoms with van der Waals surface area (Å²) in [6, 6.07) is 0. The van der Waals surface area contributed by atoms with Crippen molar-refractivity contribution in [3.8, 4) is 0 Å². The Labute approximate surface area is 371 Å². The van der Waals surface area contributed by atoms with E-state index in [4.69, 9.17) is 23.8 Å². The first-order valence-electron chi connectivity index (χ1n) is 22.1. The molecule has 16 heteroatoms. The van der Waals surface area contributed by atoms with Gasteiger partial charge in [-0.1, -0.05) is 150 Å². The maximum absolute atomic E-state index is 12.7. The lowest BCUT2D eigenvalue weighted by Gasteiger charge is -2.20. The average molecular weight is 915 g/mol. The molecule has 0 saturated heterocycles. The molecule has 0 rings (SSSR count). The van der Waals surface area contributed by atoms with Crippen LogP contribution in [0.15, 0.2) is 97.2 Å². The number of unbranched alkanes of at least 4 members (excludes halogenated alkanes) is 9. The van der Waals surface area contributed by atoms with Gasteiger partial charge in [-0.05, 0) is 70.6 Å². The molecular formula is C46H76O14P2. The largest absolute Gasteiger partial charge is 0.472 e. The van der Waals surface area contributed by atoms with Gasteiger partial charge in [-0.15, -0.1) is 0 Å². The zero-order valence-electron chi connectivity index (χ0n) is 37.0. The van der Waals surface area contributed by atoms with Crippen LogP contribution in [0.1, 0.15) is 136 Å². The van der Waals surface area contributed by atoms with Crippen LogP contribution in [0.25, 0.3) is 0 Å². The minimum Gasteiger partial charge on any atom is -0.462 e. The summed E-state index contributed by atoms with van der Waals surface area (Å²) in [6.07, 6.45) is 44.3. The van der Waals surface area contributed by atoms with Gasteiger partial charge in [-0.2, -0.15) is 0 Å². The van der Waals surface area contributed by atoms with Gasteiger partial charge in [0.1, 0.15) is 12.7 Å². The third-order valence-electron chi connectivity index (χ3n) is 8.57. The van der Waals surface area contributed by atoms with Gasteiger partial charge >= 0.3 is 27.6 Å². The third kappa shape index (κ3) is 43.6. The third-order valence-corrected chi connectivity index (χ3v) is 10.0. The summed E-state index contributed by atoms with van der Waals surface area (Å²) in [5.74, 6) is -1.24. The molecule has 0 aromatic heterocycles. The Morgan fingerprint density at radius 2 is 1.11 bits per heavy atom. The predicted octanol–water partition coefficient (Wildman–Crippen LogP) is 10.3. The summed E-state index contributed by atoms with van der Waals surface area (Å²) < 4.78 is 47.6. The summed E-state index contributed by atoms with van der Waals surface area (Å²) >= 11 is 0. The van der Waals surface area contributed by atoms with E-state index in [0.29, 0.717) is 19.3 Å². The standard InChI is InChI=1S/C46H76O14P2/c1-3-5-7-9-11-13-15-17-18-20-22-24-26-28-32-37-46(50)60-44(41-59-62(54,55)58-39-43(48)38-57-61(51,52)53)40-56-45(49)36-33-29-31-35-42(47)34-30-27-25-23-21-19-16-14-12-10-8-6-4-2/h6,8,12-15,17-19,21,25,27,29-31,34,42-44,47-48H,3-5,7,9-11,16,20,22-24,26,28,32-33,35-41H2,1-2H3,(H,54,55)(H2,51,52,53)/b8-6-,14-12-,15-13-,18-17-,21-19-,27-25-,31-29-,34-30-/t42?,43-,44+/m0/s1. The first-order chi connectivity index (χ1) is 29.8. The molecule has 5 N–H and O–H groups in total. The smallest absolute Gasteiger partial charge is 0.462 e. The molecule has 0 spiro atoms. The van der Waals surface area contributed by atoms with Gasteiger partial charge in [0.2, 0.25) is 0 Å². The average Bonchev–Trinajstić information content (AvgIpc) is 3.23. The van der Waals surface area contributed by atoms with Crippen molar-refractivity contribution >= 4 is 27.6 Å². The molecule has 2 unspecified atom stereocenters. The normalized spacial score (nSPS) is 15.4. The van der Waals surface area contributed by atoms with Gasteiger partial charge in [-0.3, -0.25) is 23.2 Å². The Morgan fingerprint density at radius 1 is 0.548 bits per heavy atom. The van der Waals surface area contributed by atoms with E-state index >= 15 is 0 Å². The van der Waals surface area contributed by atoms with Crippen LogP contribution >= 0.6 is 15.6 Å². The van der Waals surface area contributed by atoms with Crippen molar-refractivity contribution < 1.29 is 66.7 Å². The fourth-order valence-corrected chi connectivity index (χ4v) is 6.37. The van der Waals surface area contributed by atoms with Crippen LogP contribution in [0.3, 0.4) is 0 Å². The van der Waals surface area contributed by atoms with E-state index in [-0.39, 0.29) is 12.8 Å². The van der Waals surface area contributed by atoms with E-state index in [1.54, 1.807) is 24.3 Å². The molecule has 0 aliphatic carbocycles. The molecule has 0 aromatic rings. The Hall–Kier alpha value is -3.00. The fourth-order valence-electron chi connectivity index (χ4n) is 5.21. The molecule has 0 amide bonds. The summed E-state index contributed by atoms with van der Waals surface area (Å²) in [5, 5.41) is 19.9. The van der Waals surface area contributed by atoms with Gasteiger partial charge in [0.05, 0.1) is 25.9 Å². The number of aliphatic hydroxyl groups is 2. The van der Waals surface area contributed by atoms with Gasteiger partial charge in [0.15, 0.2) is 6.10 Å². The fraction of sp³-hybridized carbons (Fsp3) is 0.609. The van der Waals surface area contributed by atoms with Crippen molar-refractivity contribution in [3.63, 3.8) is 0 Å². The highest BCUT2D eigenvalue weighted by molar-refractivity contribution is 7.47. The molecule has 0 radical (unpaired) electrons. The van der Waals surface area contributed by atoms with Crippen LogP contribution in [-0.2, 0) is 41.8 Å². The van der Waals surface area contributed by atoms with Gasteiger partial charge < -0.3 is 34.4 Å². The molecule has 0 aromatic carbocycles. The first kappa shape index (κ1) is 59.0. The molecule has 0 aliphatic heterocycles. The lowest BCUT2D eigenvalue weighted by Crippen LogP contribution is -2.29. The second kappa shape index (κ2) is 40.8. The second-order valence-electron chi connectivity index (χ2n) is 14.5. The number of aliphatic hydroxyl groups excluding tert-OH is 2. The monoisotopic (exact) mass is 914 g/mol. The molecule has 62 heavy (non-hydrogen) atoms. The van der Waals surface area contributed by atoms with Crippen LogP contribution in [0.4, 0.5) is 0 Å². The molecule has 0 saturated carbocycles. The summed E-state index contributed by atoms with van der Waals surface area (Å²) in [4.78, 5) is 52.7. The SMILES string of the molecule is CC/C=C\C/C=C\C/C=C\C/C=C\C=C/C(O)C/C=C\CCC(=O)OC[C@H](COP(=O)(O)OC[C@@H](O)COP(=O)(O)O)OC(=O)CCCCCCC/C=C\C=C/CCCCCC. The molecule has 14 nitrogen and oxygen atoms in total. The van der Waals surface area contributed by atoms with E-state index in [1.807, 2.05) is 12.2 Å². The lowest BCUT2D eigenvalue weighted by molar-refractivity contribution is -0.161. The highest BCUT2D eigenvalue weighted by Crippen LogP contribution is 2.43. The Morgan fingerprint density at radius 3 is 1.76 bits per heavy atom. The number of hydrogen-bond acceptors (Lipinski definition) is 11. The molecule has 0 fully saturated rings. The number of phosphoric ester groups is 2. The summed E-state index contributed by atoms with van der Waals surface area (Å²) in [7, 11) is -9.75.